The summed E-state index contributed by atoms with van der Waals surface area (Å²) in [6, 6.07) is 12.5. The quantitative estimate of drug-likeness (QED) is 0.412. The highest BCUT2D eigenvalue weighted by Gasteiger charge is 2.38. The Kier molecular flexibility index (Phi) is 8.26. The van der Waals surface area contributed by atoms with E-state index in [-0.39, 0.29) is 0 Å². The van der Waals surface area contributed by atoms with Gasteiger partial charge in [0, 0.05) is 47.3 Å². The Morgan fingerprint density at radius 2 is 1.72 bits per heavy atom. The first-order valence-electron chi connectivity index (χ1n) is 11.5. The number of aryl methyl sites for hydroxylation is 2. The van der Waals surface area contributed by atoms with Crippen LogP contribution in [0.2, 0.25) is 0 Å². The minimum atomic E-state index is -5.08. The zero-order chi connectivity index (χ0) is 25.5. The molecule has 2 aromatic heterocycles. The van der Waals surface area contributed by atoms with Crippen LogP contribution < -0.4 is 15.5 Å². The number of carboxylic acids is 1. The average Bonchev–Trinajstić information content (AvgIpc) is 3.27. The summed E-state index contributed by atoms with van der Waals surface area (Å²) in [5.74, 6) is -1.94. The van der Waals surface area contributed by atoms with Crippen LogP contribution in [0, 0.1) is 0 Å². The second-order valence-electron chi connectivity index (χ2n) is 8.22. The van der Waals surface area contributed by atoms with E-state index in [1.165, 1.54) is 29.1 Å². The van der Waals surface area contributed by atoms with E-state index >= 15 is 0 Å². The maximum atomic E-state index is 10.6. The number of carbonyl (C=O) groups is 1. The Labute approximate surface area is 210 Å². The number of pyridine rings is 1. The number of alkyl halides is 3. The molecule has 1 aliphatic heterocycles. The molecule has 36 heavy (non-hydrogen) atoms. The molecule has 1 saturated heterocycles. The van der Waals surface area contributed by atoms with Gasteiger partial charge < -0.3 is 25.4 Å². The number of rotatable bonds is 5. The first kappa shape index (κ1) is 25.7. The number of aromatic nitrogens is 2. The van der Waals surface area contributed by atoms with E-state index in [2.05, 4.69) is 44.8 Å². The molecule has 1 aliphatic carbocycles. The van der Waals surface area contributed by atoms with Crippen LogP contribution in [0.15, 0.2) is 42.6 Å². The summed E-state index contributed by atoms with van der Waals surface area (Å²) < 4.78 is 37.2. The summed E-state index contributed by atoms with van der Waals surface area (Å²) in [6.45, 7) is 3.49. The monoisotopic (exact) mass is 521 g/mol. The zero-order valence-electron chi connectivity index (χ0n) is 19.3. The third-order valence-corrected chi connectivity index (χ3v) is 6.69. The van der Waals surface area contributed by atoms with E-state index < -0.39 is 12.1 Å². The van der Waals surface area contributed by atoms with Crippen LogP contribution in [-0.4, -0.2) is 53.5 Å². The number of fused-ring (bicyclic) bond motifs is 1. The number of benzene rings is 1. The predicted molar refractivity (Wildman–Crippen MR) is 133 cm³/mol. The Morgan fingerprint density at radius 1 is 1.03 bits per heavy atom. The van der Waals surface area contributed by atoms with Gasteiger partial charge in [-0.3, -0.25) is 0 Å². The molecule has 5 rings (SSSR count). The number of hydrogen-bond donors (Lipinski definition) is 3. The first-order chi connectivity index (χ1) is 17.3. The molecule has 12 heteroatoms. The summed E-state index contributed by atoms with van der Waals surface area (Å²) in [5, 5.41) is 14.9. The van der Waals surface area contributed by atoms with Crippen molar-refractivity contribution >= 4 is 45.3 Å². The van der Waals surface area contributed by atoms with Crippen molar-refractivity contribution in [2.75, 3.05) is 41.8 Å². The molecule has 0 bridgehead atoms. The normalized spacial score (nSPS) is 15.4. The number of anilines is 5. The molecular formula is C24H26F3N5O3S. The van der Waals surface area contributed by atoms with Gasteiger partial charge in [0.15, 0.2) is 5.13 Å². The van der Waals surface area contributed by atoms with Gasteiger partial charge in [0.2, 0.25) is 0 Å². The van der Waals surface area contributed by atoms with Gasteiger partial charge in [-0.1, -0.05) is 0 Å². The summed E-state index contributed by atoms with van der Waals surface area (Å²) in [7, 11) is 0. The number of hydrogen-bond acceptors (Lipinski definition) is 8. The standard InChI is InChI=1S/C22H25N5OS.C2HF3O2/c1-2-4-20-19(3-1)26-22(29-20)25-17-9-10-23-21(15-17)24-16-5-7-18(8-6-16)27-11-13-28-14-12-27;3-2(4,5)1(6)7/h5-10,15H,1-4,11-14H2,(H2,23,24,25,26);(H,6,7). The van der Waals surface area contributed by atoms with Crippen molar-refractivity contribution in [3.05, 3.63) is 53.2 Å². The van der Waals surface area contributed by atoms with E-state index in [1.807, 2.05) is 18.3 Å². The summed E-state index contributed by atoms with van der Waals surface area (Å²) >= 11 is 1.78. The summed E-state index contributed by atoms with van der Waals surface area (Å²) in [4.78, 5) is 21.9. The van der Waals surface area contributed by atoms with Crippen molar-refractivity contribution < 1.29 is 27.8 Å². The van der Waals surface area contributed by atoms with Crippen LogP contribution in [-0.2, 0) is 22.4 Å². The van der Waals surface area contributed by atoms with Gasteiger partial charge in [0.1, 0.15) is 5.82 Å². The number of thiazole rings is 1. The number of carboxylic acid groups (broad SMARTS) is 1. The molecule has 3 N–H and O–H groups in total. The summed E-state index contributed by atoms with van der Waals surface area (Å²) in [5.41, 5.74) is 4.53. The molecule has 0 radical (unpaired) electrons. The molecule has 0 spiro atoms. The molecule has 0 unspecified atom stereocenters. The van der Waals surface area contributed by atoms with Gasteiger partial charge in [-0.2, -0.15) is 13.2 Å². The Hall–Kier alpha value is -3.38. The van der Waals surface area contributed by atoms with Crippen molar-refractivity contribution in [3.8, 4) is 0 Å². The van der Waals surface area contributed by atoms with E-state index in [4.69, 9.17) is 19.6 Å². The fourth-order valence-corrected chi connectivity index (χ4v) is 4.90. The van der Waals surface area contributed by atoms with Crippen LogP contribution >= 0.6 is 11.3 Å². The molecule has 0 atom stereocenters. The fourth-order valence-electron chi connectivity index (χ4n) is 3.83. The minimum absolute atomic E-state index is 0.797. The molecule has 0 amide bonds. The third-order valence-electron chi connectivity index (χ3n) is 5.62. The number of morpholine rings is 1. The van der Waals surface area contributed by atoms with Gasteiger partial charge in [-0.25, -0.2) is 14.8 Å². The lowest BCUT2D eigenvalue weighted by molar-refractivity contribution is -0.192. The van der Waals surface area contributed by atoms with Gasteiger partial charge >= 0.3 is 12.1 Å². The topological polar surface area (TPSA) is 99.6 Å². The predicted octanol–water partition coefficient (Wildman–Crippen LogP) is 5.37. The number of nitrogens with one attached hydrogen (secondary N) is 2. The molecule has 8 nitrogen and oxygen atoms in total. The second kappa shape index (κ2) is 11.6. The Balaban J connectivity index is 0.000000384. The molecular weight excluding hydrogens is 495 g/mol. The minimum Gasteiger partial charge on any atom is -0.475 e. The number of aliphatic carboxylic acids is 1. The largest absolute Gasteiger partial charge is 0.490 e. The number of halogens is 3. The van der Waals surface area contributed by atoms with Crippen LogP contribution in [0.1, 0.15) is 23.4 Å². The van der Waals surface area contributed by atoms with Gasteiger partial charge in [-0.15, -0.1) is 11.3 Å². The van der Waals surface area contributed by atoms with E-state index in [0.29, 0.717) is 0 Å². The highest BCUT2D eigenvalue weighted by molar-refractivity contribution is 7.15. The summed E-state index contributed by atoms with van der Waals surface area (Å²) in [6.07, 6.45) is 1.54. The van der Waals surface area contributed by atoms with Gasteiger partial charge in [-0.05, 0) is 56.0 Å². The molecule has 1 aromatic carbocycles. The Bertz CT molecular complexity index is 1140. The maximum absolute atomic E-state index is 10.6. The van der Waals surface area contributed by atoms with E-state index in [1.54, 1.807) is 11.3 Å². The van der Waals surface area contributed by atoms with E-state index in [9.17, 15) is 13.2 Å². The third kappa shape index (κ3) is 7.08. The molecule has 192 valence electrons. The van der Waals surface area contributed by atoms with Crippen molar-refractivity contribution in [2.45, 2.75) is 31.9 Å². The van der Waals surface area contributed by atoms with Crippen LogP contribution in [0.4, 0.5) is 41.2 Å². The first-order valence-corrected chi connectivity index (χ1v) is 12.3. The number of ether oxygens (including phenoxy) is 1. The smallest absolute Gasteiger partial charge is 0.475 e. The van der Waals surface area contributed by atoms with Crippen molar-refractivity contribution in [3.63, 3.8) is 0 Å². The molecule has 3 heterocycles. The van der Waals surface area contributed by atoms with Crippen LogP contribution in [0.5, 0.6) is 0 Å². The zero-order valence-corrected chi connectivity index (χ0v) is 20.2. The van der Waals surface area contributed by atoms with Crippen molar-refractivity contribution in [1.82, 2.24) is 9.97 Å². The van der Waals surface area contributed by atoms with E-state index in [0.717, 1.165) is 61.5 Å². The lowest BCUT2D eigenvalue weighted by Crippen LogP contribution is -2.36. The fraction of sp³-hybridized carbons (Fsp3) is 0.375. The molecule has 1 fully saturated rings. The maximum Gasteiger partial charge on any atom is 0.490 e. The molecule has 2 aliphatic rings. The number of nitrogens with zero attached hydrogens (tertiary/aromatic N) is 3. The van der Waals surface area contributed by atoms with Crippen LogP contribution in [0.25, 0.3) is 0 Å². The lowest BCUT2D eigenvalue weighted by Gasteiger charge is -2.28. The van der Waals surface area contributed by atoms with Crippen molar-refractivity contribution in [2.24, 2.45) is 0 Å². The highest BCUT2D eigenvalue weighted by Crippen LogP contribution is 2.31. The molecule has 3 aromatic rings. The molecule has 0 saturated carbocycles. The second-order valence-corrected chi connectivity index (χ2v) is 9.31. The van der Waals surface area contributed by atoms with Crippen LogP contribution in [0.3, 0.4) is 0 Å². The lowest BCUT2D eigenvalue weighted by atomic mass is 10.0. The van der Waals surface area contributed by atoms with Crippen molar-refractivity contribution in [1.29, 1.82) is 0 Å². The Morgan fingerprint density at radius 3 is 2.39 bits per heavy atom. The SMILES string of the molecule is O=C(O)C(F)(F)F.c1cc(Nc2nc3c(s2)CCCC3)cc(Nc2ccc(N3CCOCC3)cc2)n1. The highest BCUT2D eigenvalue weighted by atomic mass is 32.1. The average molecular weight is 522 g/mol. The van der Waals surface area contributed by atoms with Gasteiger partial charge in [0.25, 0.3) is 0 Å². The van der Waals surface area contributed by atoms with Gasteiger partial charge in [0.05, 0.1) is 18.9 Å².